The summed E-state index contributed by atoms with van der Waals surface area (Å²) in [6, 6.07) is 4.90. The predicted molar refractivity (Wildman–Crippen MR) is 89.4 cm³/mol. The second kappa shape index (κ2) is 8.57. The Morgan fingerprint density at radius 3 is 2.50 bits per heavy atom. The van der Waals surface area contributed by atoms with E-state index in [2.05, 4.69) is 12.2 Å². The van der Waals surface area contributed by atoms with Crippen molar-refractivity contribution in [2.45, 2.75) is 38.6 Å². The number of rotatable bonds is 6. The molecule has 0 spiro atoms. The normalized spacial score (nSPS) is 20.1. The van der Waals surface area contributed by atoms with Gasteiger partial charge in [0, 0.05) is 6.04 Å². The minimum Gasteiger partial charge on any atom is -0.493 e. The number of hydrogen-bond acceptors (Lipinski definition) is 5. The molecule has 1 fully saturated rings. The Morgan fingerprint density at radius 2 is 1.83 bits per heavy atom. The molecular formula is C18H25NO5. The van der Waals surface area contributed by atoms with E-state index in [1.54, 1.807) is 12.1 Å². The lowest BCUT2D eigenvalue weighted by molar-refractivity contribution is -0.125. The highest BCUT2D eigenvalue weighted by Gasteiger charge is 2.23. The zero-order valence-corrected chi connectivity index (χ0v) is 14.5. The van der Waals surface area contributed by atoms with Gasteiger partial charge in [0.15, 0.2) is 18.1 Å². The lowest BCUT2D eigenvalue weighted by Crippen LogP contribution is -2.42. The first-order valence-electron chi connectivity index (χ1n) is 8.23. The van der Waals surface area contributed by atoms with Crippen molar-refractivity contribution < 1.29 is 23.8 Å². The number of ether oxygens (including phenoxy) is 3. The topological polar surface area (TPSA) is 73.9 Å². The van der Waals surface area contributed by atoms with Crippen LogP contribution in [-0.2, 0) is 9.53 Å². The van der Waals surface area contributed by atoms with Gasteiger partial charge in [0.2, 0.25) is 0 Å². The van der Waals surface area contributed by atoms with Crippen LogP contribution in [0.25, 0.3) is 0 Å². The molecule has 2 atom stereocenters. The molecule has 0 bridgehead atoms. The van der Waals surface area contributed by atoms with Gasteiger partial charge in [0.1, 0.15) is 0 Å². The quantitative estimate of drug-likeness (QED) is 0.809. The van der Waals surface area contributed by atoms with Crippen molar-refractivity contribution in [3.05, 3.63) is 23.8 Å². The van der Waals surface area contributed by atoms with E-state index in [9.17, 15) is 9.59 Å². The first kappa shape index (κ1) is 18.1. The molecule has 1 aromatic rings. The molecule has 1 amide bonds. The van der Waals surface area contributed by atoms with E-state index in [1.807, 2.05) is 0 Å². The molecule has 1 aromatic carbocycles. The van der Waals surface area contributed by atoms with Crippen LogP contribution in [0.2, 0.25) is 0 Å². The Kier molecular flexibility index (Phi) is 6.46. The van der Waals surface area contributed by atoms with Crippen LogP contribution in [0.3, 0.4) is 0 Å². The molecule has 0 aromatic heterocycles. The van der Waals surface area contributed by atoms with Gasteiger partial charge in [-0.15, -0.1) is 0 Å². The van der Waals surface area contributed by atoms with E-state index in [-0.39, 0.29) is 18.6 Å². The lowest BCUT2D eigenvalue weighted by Gasteiger charge is -2.29. The van der Waals surface area contributed by atoms with Crippen molar-refractivity contribution in [2.75, 3.05) is 20.8 Å². The van der Waals surface area contributed by atoms with Crippen LogP contribution in [0.5, 0.6) is 11.5 Å². The highest BCUT2D eigenvalue weighted by Crippen LogP contribution is 2.27. The number of nitrogens with one attached hydrogen (secondary N) is 1. The smallest absolute Gasteiger partial charge is 0.338 e. The average molecular weight is 335 g/mol. The Morgan fingerprint density at radius 1 is 1.12 bits per heavy atom. The van der Waals surface area contributed by atoms with Crippen LogP contribution in [0.4, 0.5) is 0 Å². The molecule has 2 rings (SSSR count). The number of carbonyl (C=O) groups excluding carboxylic acids is 2. The highest BCUT2D eigenvalue weighted by molar-refractivity contribution is 5.92. The molecule has 1 N–H and O–H groups in total. The first-order valence-corrected chi connectivity index (χ1v) is 8.23. The summed E-state index contributed by atoms with van der Waals surface area (Å²) in [5.74, 6) is 0.597. The summed E-state index contributed by atoms with van der Waals surface area (Å²) in [6.07, 6.45) is 4.44. The van der Waals surface area contributed by atoms with Gasteiger partial charge < -0.3 is 19.5 Å². The van der Waals surface area contributed by atoms with Crippen molar-refractivity contribution in [3.8, 4) is 11.5 Å². The Labute approximate surface area is 142 Å². The molecule has 1 saturated carbocycles. The first-order chi connectivity index (χ1) is 11.5. The Hall–Kier alpha value is -2.24. The fourth-order valence-corrected chi connectivity index (χ4v) is 2.96. The van der Waals surface area contributed by atoms with Gasteiger partial charge in [0.25, 0.3) is 5.91 Å². The lowest BCUT2D eigenvalue weighted by atomic mass is 9.86. The number of benzene rings is 1. The summed E-state index contributed by atoms with van der Waals surface area (Å²) < 4.78 is 15.4. The summed E-state index contributed by atoms with van der Waals surface area (Å²) in [7, 11) is 3.01. The van der Waals surface area contributed by atoms with E-state index in [1.165, 1.54) is 26.7 Å². The largest absolute Gasteiger partial charge is 0.493 e. The molecule has 1 aliphatic rings. The van der Waals surface area contributed by atoms with Gasteiger partial charge in [-0.25, -0.2) is 4.79 Å². The van der Waals surface area contributed by atoms with Gasteiger partial charge >= 0.3 is 5.97 Å². The summed E-state index contributed by atoms with van der Waals surface area (Å²) in [5, 5.41) is 2.96. The standard InChI is InChI=1S/C18H25NO5/c1-12-6-4-5-7-14(12)19-17(20)11-24-18(21)13-8-9-15(22-2)16(10-13)23-3/h8-10,12,14H,4-7,11H2,1-3H3,(H,19,20). The van der Waals surface area contributed by atoms with Gasteiger partial charge in [-0.3, -0.25) is 4.79 Å². The van der Waals surface area contributed by atoms with Crippen molar-refractivity contribution in [1.82, 2.24) is 5.32 Å². The minimum absolute atomic E-state index is 0.172. The summed E-state index contributed by atoms with van der Waals surface area (Å²) in [5.41, 5.74) is 0.312. The molecule has 6 heteroatoms. The molecule has 1 aliphatic carbocycles. The molecule has 0 saturated heterocycles. The van der Waals surface area contributed by atoms with E-state index >= 15 is 0 Å². The Bertz CT molecular complexity index is 587. The van der Waals surface area contributed by atoms with Crippen molar-refractivity contribution >= 4 is 11.9 Å². The molecule has 0 aliphatic heterocycles. The zero-order valence-electron chi connectivity index (χ0n) is 14.5. The number of methoxy groups -OCH3 is 2. The van der Waals surface area contributed by atoms with Gasteiger partial charge in [0.05, 0.1) is 19.8 Å². The average Bonchev–Trinajstić information content (AvgIpc) is 2.61. The van der Waals surface area contributed by atoms with E-state index in [0.29, 0.717) is 23.0 Å². The number of amides is 1. The monoisotopic (exact) mass is 335 g/mol. The van der Waals surface area contributed by atoms with Crippen LogP contribution in [0, 0.1) is 5.92 Å². The summed E-state index contributed by atoms with van der Waals surface area (Å²) in [4.78, 5) is 24.1. The third kappa shape index (κ3) is 4.63. The number of hydrogen-bond donors (Lipinski definition) is 1. The number of esters is 1. The van der Waals surface area contributed by atoms with Gasteiger partial charge in [-0.1, -0.05) is 19.8 Å². The van der Waals surface area contributed by atoms with Crippen molar-refractivity contribution in [2.24, 2.45) is 5.92 Å². The molecule has 2 unspecified atom stereocenters. The molecule has 132 valence electrons. The third-order valence-corrected chi connectivity index (χ3v) is 4.41. The van der Waals surface area contributed by atoms with E-state index in [4.69, 9.17) is 14.2 Å². The van der Waals surface area contributed by atoms with Crippen LogP contribution in [-0.4, -0.2) is 38.7 Å². The minimum atomic E-state index is -0.567. The summed E-state index contributed by atoms with van der Waals surface area (Å²) >= 11 is 0. The van der Waals surface area contributed by atoms with Crippen LogP contribution >= 0.6 is 0 Å². The molecule has 0 heterocycles. The molecule has 24 heavy (non-hydrogen) atoms. The van der Waals surface area contributed by atoms with Gasteiger partial charge in [-0.05, 0) is 37.0 Å². The van der Waals surface area contributed by atoms with Crippen molar-refractivity contribution in [1.29, 1.82) is 0 Å². The van der Waals surface area contributed by atoms with Gasteiger partial charge in [-0.2, -0.15) is 0 Å². The van der Waals surface area contributed by atoms with Crippen LogP contribution in [0.15, 0.2) is 18.2 Å². The van der Waals surface area contributed by atoms with E-state index < -0.39 is 5.97 Å². The fourth-order valence-electron chi connectivity index (χ4n) is 2.96. The maximum absolute atomic E-state index is 12.1. The molecular weight excluding hydrogens is 310 g/mol. The molecule has 0 radical (unpaired) electrons. The van der Waals surface area contributed by atoms with Crippen LogP contribution in [0.1, 0.15) is 43.0 Å². The SMILES string of the molecule is COc1ccc(C(=O)OCC(=O)NC2CCCCC2C)cc1OC. The maximum Gasteiger partial charge on any atom is 0.338 e. The maximum atomic E-state index is 12.1. The molecule has 6 nitrogen and oxygen atoms in total. The third-order valence-electron chi connectivity index (χ3n) is 4.41. The Balaban J connectivity index is 1.87. The predicted octanol–water partition coefficient (Wildman–Crippen LogP) is 2.56. The zero-order chi connectivity index (χ0) is 17.5. The second-order valence-corrected chi connectivity index (χ2v) is 6.08. The van der Waals surface area contributed by atoms with Crippen molar-refractivity contribution in [3.63, 3.8) is 0 Å². The second-order valence-electron chi connectivity index (χ2n) is 6.08. The van der Waals surface area contributed by atoms with Crippen LogP contribution < -0.4 is 14.8 Å². The number of carbonyl (C=O) groups is 2. The highest BCUT2D eigenvalue weighted by atomic mass is 16.5. The summed E-state index contributed by atoms with van der Waals surface area (Å²) in [6.45, 7) is 1.86. The fraction of sp³-hybridized carbons (Fsp3) is 0.556. The van der Waals surface area contributed by atoms with E-state index in [0.717, 1.165) is 19.3 Å².